The summed E-state index contributed by atoms with van der Waals surface area (Å²) >= 11 is 6.38. The van der Waals surface area contributed by atoms with Crippen LogP contribution in [-0.2, 0) is 13.2 Å². The van der Waals surface area contributed by atoms with E-state index in [-0.39, 0.29) is 0 Å². The zero-order valence-electron chi connectivity index (χ0n) is 13.7. The third-order valence-electron chi connectivity index (χ3n) is 3.43. The highest BCUT2D eigenvalue weighted by atomic mass is 35.5. The molecular weight excluding hydrogens is 342 g/mol. The first kappa shape index (κ1) is 17.0. The van der Waals surface area contributed by atoms with Crippen LogP contribution in [0.3, 0.4) is 0 Å². The molecule has 0 aliphatic rings. The molecule has 25 heavy (non-hydrogen) atoms. The predicted molar refractivity (Wildman–Crippen MR) is 94.9 cm³/mol. The Hall–Kier alpha value is -2.80. The molecule has 0 saturated carbocycles. The van der Waals surface area contributed by atoms with Gasteiger partial charge in [0.25, 0.3) is 5.95 Å². The second-order valence-corrected chi connectivity index (χ2v) is 5.59. The van der Waals surface area contributed by atoms with Crippen LogP contribution < -0.4 is 14.8 Å². The van der Waals surface area contributed by atoms with Gasteiger partial charge in [0.1, 0.15) is 6.61 Å². The highest BCUT2D eigenvalue weighted by Crippen LogP contribution is 2.34. The molecule has 130 valence electrons. The van der Waals surface area contributed by atoms with Gasteiger partial charge in [-0.2, -0.15) is 5.21 Å². The largest absolute Gasteiger partial charge is 0.490 e. The molecule has 0 aliphatic heterocycles. The average molecular weight is 360 g/mol. The van der Waals surface area contributed by atoms with E-state index in [4.69, 9.17) is 21.1 Å². The minimum absolute atomic E-state index is 0.401. The van der Waals surface area contributed by atoms with Crippen LogP contribution in [0.4, 0.5) is 5.95 Å². The van der Waals surface area contributed by atoms with E-state index < -0.39 is 0 Å². The molecule has 1 heterocycles. The van der Waals surface area contributed by atoms with Crippen molar-refractivity contribution in [3.8, 4) is 11.5 Å². The molecule has 0 amide bonds. The molecule has 0 atom stereocenters. The number of nitrogens with one attached hydrogen (secondary N) is 2. The number of rotatable bonds is 8. The van der Waals surface area contributed by atoms with E-state index in [0.717, 1.165) is 11.1 Å². The van der Waals surface area contributed by atoms with Gasteiger partial charge in [0.05, 0.1) is 6.61 Å². The molecule has 0 fully saturated rings. The molecule has 2 N–H and O–H groups in total. The Kier molecular flexibility index (Phi) is 5.69. The molecule has 0 unspecified atom stereocenters. The summed E-state index contributed by atoms with van der Waals surface area (Å²) in [5.74, 6) is 1.66. The van der Waals surface area contributed by atoms with Crippen molar-refractivity contribution >= 4 is 17.5 Å². The van der Waals surface area contributed by atoms with Crippen molar-refractivity contribution < 1.29 is 9.47 Å². The fourth-order valence-corrected chi connectivity index (χ4v) is 2.46. The third kappa shape index (κ3) is 4.60. The lowest BCUT2D eigenvalue weighted by molar-refractivity contribution is 0.269. The smallest absolute Gasteiger partial charge is 0.263 e. The number of hydrogen-bond donors (Lipinski definition) is 2. The summed E-state index contributed by atoms with van der Waals surface area (Å²) in [5.41, 5.74) is 1.92. The first-order chi connectivity index (χ1) is 12.3. The normalized spacial score (nSPS) is 10.5. The van der Waals surface area contributed by atoms with Gasteiger partial charge in [-0.15, -0.1) is 5.10 Å². The van der Waals surface area contributed by atoms with E-state index in [0.29, 0.717) is 42.2 Å². The zero-order valence-corrected chi connectivity index (χ0v) is 14.5. The van der Waals surface area contributed by atoms with Crippen molar-refractivity contribution in [3.63, 3.8) is 0 Å². The quantitative estimate of drug-likeness (QED) is 0.640. The van der Waals surface area contributed by atoms with Crippen molar-refractivity contribution in [2.75, 3.05) is 11.9 Å². The van der Waals surface area contributed by atoms with Crippen LogP contribution in [-0.4, -0.2) is 27.2 Å². The summed E-state index contributed by atoms with van der Waals surface area (Å²) in [7, 11) is 0. The molecule has 0 bridgehead atoms. The van der Waals surface area contributed by atoms with E-state index in [1.54, 1.807) is 6.07 Å². The van der Waals surface area contributed by atoms with E-state index >= 15 is 0 Å². The van der Waals surface area contributed by atoms with Crippen molar-refractivity contribution in [2.24, 2.45) is 0 Å². The minimum atomic E-state index is 0.401. The molecule has 3 rings (SSSR count). The average Bonchev–Trinajstić information content (AvgIpc) is 3.15. The lowest BCUT2D eigenvalue weighted by Crippen LogP contribution is -2.05. The van der Waals surface area contributed by atoms with E-state index in [9.17, 15) is 0 Å². The second-order valence-electron chi connectivity index (χ2n) is 5.19. The first-order valence-electron chi connectivity index (χ1n) is 7.85. The van der Waals surface area contributed by atoms with Gasteiger partial charge in [-0.3, -0.25) is 0 Å². The summed E-state index contributed by atoms with van der Waals surface area (Å²) in [6.45, 7) is 3.34. The lowest BCUT2D eigenvalue weighted by Gasteiger charge is -2.15. The van der Waals surface area contributed by atoms with Crippen molar-refractivity contribution in [1.82, 2.24) is 20.6 Å². The fourth-order valence-electron chi connectivity index (χ4n) is 2.24. The summed E-state index contributed by atoms with van der Waals surface area (Å²) in [5, 5.41) is 17.2. The zero-order chi connectivity index (χ0) is 17.5. The summed E-state index contributed by atoms with van der Waals surface area (Å²) < 4.78 is 11.6. The second kappa shape index (κ2) is 8.34. The molecule has 0 spiro atoms. The Morgan fingerprint density at radius 1 is 1.12 bits per heavy atom. The van der Waals surface area contributed by atoms with Crippen molar-refractivity contribution in [2.45, 2.75) is 20.1 Å². The topological polar surface area (TPSA) is 85.0 Å². The maximum absolute atomic E-state index is 6.38. The van der Waals surface area contributed by atoms with Crippen LogP contribution in [0.2, 0.25) is 5.02 Å². The molecule has 7 nitrogen and oxygen atoms in total. The number of nitrogens with zero attached hydrogens (tertiary/aromatic N) is 3. The molecule has 0 saturated heterocycles. The number of benzene rings is 2. The molecular formula is C17H18ClN5O2. The van der Waals surface area contributed by atoms with Gasteiger partial charge in [-0.1, -0.05) is 47.0 Å². The number of tetrazole rings is 1. The summed E-state index contributed by atoms with van der Waals surface area (Å²) in [6.07, 6.45) is 0. The minimum Gasteiger partial charge on any atom is -0.490 e. The summed E-state index contributed by atoms with van der Waals surface area (Å²) in [4.78, 5) is 0. The predicted octanol–water partition coefficient (Wildman–Crippen LogP) is 3.44. The molecule has 3 aromatic rings. The van der Waals surface area contributed by atoms with Gasteiger partial charge < -0.3 is 14.8 Å². The Bertz CT molecular complexity index is 796. The Morgan fingerprint density at radius 3 is 2.64 bits per heavy atom. The molecule has 0 radical (unpaired) electrons. The maximum atomic E-state index is 6.38. The van der Waals surface area contributed by atoms with E-state index in [1.165, 1.54) is 0 Å². The monoisotopic (exact) mass is 359 g/mol. The maximum Gasteiger partial charge on any atom is 0.263 e. The van der Waals surface area contributed by atoms with Crippen molar-refractivity contribution in [3.05, 3.63) is 58.6 Å². The Labute approximate surface area is 150 Å². The number of anilines is 1. The number of aromatic amines is 1. The highest BCUT2D eigenvalue weighted by Gasteiger charge is 2.12. The van der Waals surface area contributed by atoms with Gasteiger partial charge in [0.2, 0.25) is 0 Å². The molecule has 0 aliphatic carbocycles. The number of ether oxygens (including phenoxy) is 2. The van der Waals surface area contributed by atoms with Crippen LogP contribution in [0, 0.1) is 0 Å². The number of H-pyrrole nitrogens is 1. The molecule has 1 aromatic heterocycles. The van der Waals surface area contributed by atoms with E-state index in [1.807, 2.05) is 43.3 Å². The Morgan fingerprint density at radius 2 is 1.92 bits per heavy atom. The number of hydrogen-bond acceptors (Lipinski definition) is 6. The van der Waals surface area contributed by atoms with Crippen LogP contribution in [0.25, 0.3) is 0 Å². The van der Waals surface area contributed by atoms with Crippen LogP contribution >= 0.6 is 11.6 Å². The number of halogens is 1. The van der Waals surface area contributed by atoms with E-state index in [2.05, 4.69) is 25.9 Å². The lowest BCUT2D eigenvalue weighted by atomic mass is 10.2. The van der Waals surface area contributed by atoms with Crippen molar-refractivity contribution in [1.29, 1.82) is 0 Å². The van der Waals surface area contributed by atoms with Gasteiger partial charge in [0, 0.05) is 17.6 Å². The first-order valence-corrected chi connectivity index (χ1v) is 8.23. The van der Waals surface area contributed by atoms with Crippen LogP contribution in [0.1, 0.15) is 18.1 Å². The van der Waals surface area contributed by atoms with Gasteiger partial charge in [-0.05, 0) is 29.3 Å². The van der Waals surface area contributed by atoms with Gasteiger partial charge in [0.15, 0.2) is 11.5 Å². The Balaban J connectivity index is 1.74. The van der Waals surface area contributed by atoms with Crippen LogP contribution in [0.15, 0.2) is 42.5 Å². The van der Waals surface area contributed by atoms with Gasteiger partial charge >= 0.3 is 0 Å². The third-order valence-corrected chi connectivity index (χ3v) is 3.78. The molecule has 8 heteroatoms. The molecule has 2 aromatic carbocycles. The fraction of sp³-hybridized carbons (Fsp3) is 0.235. The SMILES string of the molecule is CCOc1cc(CNc2nn[nH]n2)c(Cl)cc1OCc1ccccc1. The highest BCUT2D eigenvalue weighted by molar-refractivity contribution is 6.31. The van der Waals surface area contributed by atoms with Crippen LogP contribution in [0.5, 0.6) is 11.5 Å². The number of aromatic nitrogens is 4. The standard InChI is InChI=1S/C17H18ClN5O2/c1-2-24-15-8-13(10-19-17-20-22-23-21-17)14(18)9-16(15)25-11-12-6-4-3-5-7-12/h3-9H,2,10-11H2,1H3,(H2,19,20,21,22,23). The van der Waals surface area contributed by atoms with Gasteiger partial charge in [-0.25, -0.2) is 0 Å². The summed E-state index contributed by atoms with van der Waals surface area (Å²) in [6, 6.07) is 13.6.